The first-order valence-electron chi connectivity index (χ1n) is 16.2. The Hall–Kier alpha value is -2.84. The van der Waals surface area contributed by atoms with Gasteiger partial charge in [-0.05, 0) is 39.0 Å². The number of pyridine rings is 1. The average Bonchev–Trinajstić information content (AvgIpc) is 3.43. The summed E-state index contributed by atoms with van der Waals surface area (Å²) in [6, 6.07) is 5.98. The molecule has 1 atom stereocenters. The molecule has 2 N–H and O–H groups in total. The van der Waals surface area contributed by atoms with Crippen LogP contribution in [0.3, 0.4) is 0 Å². The first kappa shape index (κ1) is 36.6. The molecule has 0 saturated carbocycles. The van der Waals surface area contributed by atoms with Crippen LogP contribution in [0.25, 0.3) is 11.0 Å². The summed E-state index contributed by atoms with van der Waals surface area (Å²) >= 11 is 0. The van der Waals surface area contributed by atoms with Crippen LogP contribution in [0.15, 0.2) is 35.0 Å². The van der Waals surface area contributed by atoms with Crippen molar-refractivity contribution < 1.29 is 24.1 Å². The molecule has 2 aromatic heterocycles. The van der Waals surface area contributed by atoms with Gasteiger partial charge in [0.15, 0.2) is 13.0 Å². The smallest absolute Gasteiger partial charge is 0.410 e. The third-order valence-electron chi connectivity index (χ3n) is 7.07. The van der Waals surface area contributed by atoms with Crippen LogP contribution in [-0.2, 0) is 24.4 Å². The molecule has 2 fully saturated rings. The van der Waals surface area contributed by atoms with Gasteiger partial charge in [-0.25, -0.2) is 27.4 Å². The zero-order chi connectivity index (χ0) is 33.2. The first-order chi connectivity index (χ1) is 21.6. The standard InChI is InChI=1S/C28H43N7O5S.2C2H6.H2/c1-7-35(8-2)41(38-19-39-41)18-21-16-25(34-11-13-37-14-12-34)32-26(30-21)23-10-9-22-24(31-23)15-20(29-22)17-33(6)27(36)40-28(3,4)5;2*1-2;/h9-10,15-16,26,29-30H,7-8,11-14,17-19H2,1-6H3;2*1-2H3;1H. The Kier molecular flexibility index (Phi) is 13.5. The molecule has 5 heterocycles. The second-order valence-corrected chi connectivity index (χ2v) is 13.7. The third kappa shape index (κ3) is 9.35. The summed E-state index contributed by atoms with van der Waals surface area (Å²) in [5.41, 5.74) is 3.85. The number of hydrogen-bond donors (Lipinski definition) is 2. The molecule has 12 nitrogen and oxygen atoms in total. The van der Waals surface area contributed by atoms with Crippen molar-refractivity contribution in [3.05, 3.63) is 41.4 Å². The number of nitrogens with zero attached hydrogens (tertiary/aromatic N) is 5. The largest absolute Gasteiger partial charge is 0.444 e. The van der Waals surface area contributed by atoms with E-state index in [2.05, 4.69) is 39.4 Å². The highest BCUT2D eigenvalue weighted by molar-refractivity contribution is 8.24. The molecular weight excluding hydrogens is 594 g/mol. The van der Waals surface area contributed by atoms with Gasteiger partial charge in [0, 0.05) is 52.1 Å². The van der Waals surface area contributed by atoms with Crippen LogP contribution in [0.5, 0.6) is 0 Å². The number of aliphatic imine (C=N–C) groups is 1. The van der Waals surface area contributed by atoms with Crippen molar-refractivity contribution in [3.8, 4) is 0 Å². The average molecular weight is 652 g/mol. The number of rotatable bonds is 8. The van der Waals surface area contributed by atoms with E-state index in [1.165, 1.54) is 0 Å². The zero-order valence-electron chi connectivity index (χ0n) is 28.9. The summed E-state index contributed by atoms with van der Waals surface area (Å²) in [6.45, 7) is 23.2. The lowest BCUT2D eigenvalue weighted by atomic mass is 10.2. The fourth-order valence-electron chi connectivity index (χ4n) is 5.04. The van der Waals surface area contributed by atoms with Crippen molar-refractivity contribution >= 4 is 33.7 Å². The van der Waals surface area contributed by atoms with Crippen molar-refractivity contribution in [3.63, 3.8) is 0 Å². The van der Waals surface area contributed by atoms with E-state index in [4.69, 9.17) is 27.8 Å². The maximum absolute atomic E-state index is 12.5. The van der Waals surface area contributed by atoms with Crippen LogP contribution in [0.1, 0.15) is 81.3 Å². The second kappa shape index (κ2) is 16.6. The van der Waals surface area contributed by atoms with Gasteiger partial charge in [-0.1, -0.05) is 41.5 Å². The SMILES string of the molecule is CC.CC.CCN(CC)S1(CC2=CC(N3CCOCC3)=NC(c3ccc4[nH]c(CN(C)C(=O)OC(C)(C)C)cc4n3)N2)OCO1.[HH]. The third-order valence-corrected chi connectivity index (χ3v) is 9.98. The van der Waals surface area contributed by atoms with E-state index in [1.54, 1.807) is 11.9 Å². The van der Waals surface area contributed by atoms with E-state index in [0.717, 1.165) is 60.1 Å². The monoisotopic (exact) mass is 651 g/mol. The Morgan fingerprint density at radius 3 is 2.38 bits per heavy atom. The fourth-order valence-corrected chi connectivity index (χ4v) is 7.35. The molecule has 256 valence electrons. The number of carbonyl (C=O) groups excluding carboxylic acids is 1. The molecule has 1 amide bonds. The molecule has 45 heavy (non-hydrogen) atoms. The molecule has 3 aliphatic rings. The molecule has 1 unspecified atom stereocenters. The molecule has 3 aliphatic heterocycles. The Bertz CT molecular complexity index is 1300. The molecule has 0 aromatic carbocycles. The van der Waals surface area contributed by atoms with Crippen molar-refractivity contribution in [2.24, 2.45) is 4.99 Å². The Morgan fingerprint density at radius 2 is 1.80 bits per heavy atom. The number of nitrogens with one attached hydrogen (secondary N) is 2. The lowest BCUT2D eigenvalue weighted by molar-refractivity contribution is 0.0251. The van der Waals surface area contributed by atoms with E-state index in [1.807, 2.05) is 66.7 Å². The molecule has 5 rings (SSSR count). The minimum atomic E-state index is -1.82. The number of carbonyl (C=O) groups is 1. The Balaban J connectivity index is 0.00000142. The lowest BCUT2D eigenvalue weighted by Crippen LogP contribution is -2.45. The number of fused-ring (bicyclic) bond motifs is 1. The van der Waals surface area contributed by atoms with Gasteiger partial charge in [-0.15, -0.1) is 10.8 Å². The van der Waals surface area contributed by atoms with Crippen LogP contribution in [0, 0.1) is 0 Å². The number of hydrogen-bond acceptors (Lipinski definition) is 10. The van der Waals surface area contributed by atoms with Gasteiger partial charge >= 0.3 is 6.09 Å². The van der Waals surface area contributed by atoms with Gasteiger partial charge in [0.2, 0.25) is 0 Å². The minimum Gasteiger partial charge on any atom is -0.444 e. The van der Waals surface area contributed by atoms with Crippen LogP contribution >= 0.6 is 10.8 Å². The normalized spacial score (nSPS) is 19.9. The number of ether oxygens (including phenoxy) is 2. The van der Waals surface area contributed by atoms with Gasteiger partial charge in [-0.2, -0.15) is 0 Å². The number of morpholine rings is 1. The number of H-pyrrole nitrogens is 1. The van der Waals surface area contributed by atoms with E-state index < -0.39 is 16.4 Å². The number of aromatic amines is 1. The molecule has 13 heteroatoms. The fraction of sp³-hybridized carbons (Fsp3) is 0.656. The van der Waals surface area contributed by atoms with E-state index in [0.29, 0.717) is 32.3 Å². The summed E-state index contributed by atoms with van der Waals surface area (Å²) in [5.74, 6) is 1.54. The summed E-state index contributed by atoms with van der Waals surface area (Å²) in [7, 11) is -0.0969. The highest BCUT2D eigenvalue weighted by Crippen LogP contribution is 2.61. The van der Waals surface area contributed by atoms with Gasteiger partial charge < -0.3 is 29.6 Å². The summed E-state index contributed by atoms with van der Waals surface area (Å²) in [6.07, 6.45) is 1.38. The predicted octanol–water partition coefficient (Wildman–Crippen LogP) is 6.34. The van der Waals surface area contributed by atoms with Crippen LogP contribution in [0.4, 0.5) is 4.79 Å². The second-order valence-electron chi connectivity index (χ2n) is 11.3. The lowest BCUT2D eigenvalue weighted by Gasteiger charge is -2.56. The van der Waals surface area contributed by atoms with Crippen LogP contribution in [0.2, 0.25) is 0 Å². The molecule has 0 radical (unpaired) electrons. The van der Waals surface area contributed by atoms with Crippen LogP contribution < -0.4 is 5.32 Å². The predicted molar refractivity (Wildman–Crippen MR) is 185 cm³/mol. The van der Waals surface area contributed by atoms with E-state index in [-0.39, 0.29) is 13.7 Å². The topological polar surface area (TPSA) is 117 Å². The van der Waals surface area contributed by atoms with Crippen molar-refractivity contribution in [2.45, 2.75) is 80.6 Å². The molecule has 0 spiro atoms. The van der Waals surface area contributed by atoms with Crippen molar-refractivity contribution in [2.75, 3.05) is 59.0 Å². The molecule has 0 aliphatic carbocycles. The van der Waals surface area contributed by atoms with Gasteiger partial charge in [0.25, 0.3) is 0 Å². The zero-order valence-corrected chi connectivity index (χ0v) is 29.8. The molecule has 2 aromatic rings. The van der Waals surface area contributed by atoms with Gasteiger partial charge in [-0.3, -0.25) is 0 Å². The molecule has 2 saturated heterocycles. The number of amidine groups is 1. The molecular formula is C32H57N7O5S. The van der Waals surface area contributed by atoms with Crippen molar-refractivity contribution in [1.29, 1.82) is 0 Å². The molecule has 0 bridgehead atoms. The minimum absolute atomic E-state index is 0. The number of aromatic nitrogens is 2. The van der Waals surface area contributed by atoms with E-state index >= 15 is 0 Å². The highest BCUT2D eigenvalue weighted by Gasteiger charge is 2.38. The maximum atomic E-state index is 12.5. The van der Waals surface area contributed by atoms with Crippen LogP contribution in [-0.4, -0.2) is 101 Å². The summed E-state index contributed by atoms with van der Waals surface area (Å²) < 4.78 is 25.5. The Morgan fingerprint density at radius 1 is 1.13 bits per heavy atom. The van der Waals surface area contributed by atoms with Crippen molar-refractivity contribution in [1.82, 2.24) is 29.4 Å². The number of amides is 1. The maximum Gasteiger partial charge on any atom is 0.410 e. The van der Waals surface area contributed by atoms with E-state index in [9.17, 15) is 4.79 Å². The van der Waals surface area contributed by atoms with Gasteiger partial charge in [0.1, 0.15) is 11.4 Å². The Labute approximate surface area is 272 Å². The summed E-state index contributed by atoms with van der Waals surface area (Å²) in [4.78, 5) is 29.7. The highest BCUT2D eigenvalue weighted by atomic mass is 32.3. The summed E-state index contributed by atoms with van der Waals surface area (Å²) in [5, 5.41) is 3.61. The quantitative estimate of drug-likeness (QED) is 0.337. The van der Waals surface area contributed by atoms with Gasteiger partial charge in [0.05, 0.1) is 42.2 Å². The first-order valence-corrected chi connectivity index (χ1v) is 17.8.